The van der Waals surface area contributed by atoms with Crippen LogP contribution in [-0.4, -0.2) is 29.0 Å². The Kier molecular flexibility index (Phi) is 5.21. The highest BCUT2D eigenvalue weighted by Crippen LogP contribution is 2.19. The molecule has 2 aromatic rings. The number of rotatable bonds is 6. The molecule has 0 bridgehead atoms. The van der Waals surface area contributed by atoms with Gasteiger partial charge in [0.15, 0.2) is 0 Å². The van der Waals surface area contributed by atoms with E-state index in [-0.39, 0.29) is 11.7 Å². The van der Waals surface area contributed by atoms with Gasteiger partial charge in [-0.1, -0.05) is 29.5 Å². The normalized spacial score (nSPS) is 10.4. The highest BCUT2D eigenvalue weighted by Gasteiger charge is 2.10. The number of hydrogen-bond acceptors (Lipinski definition) is 7. The standard InChI is InChI=1S/C14H17N3O3S/c1-9-4-5-11(10(2)6-9)15-7-12-16-17-14(20-12)21-8-13(18)19-3/h4-6,15H,7-8H2,1-3H3. The number of aryl methyl sites for hydroxylation is 2. The number of anilines is 1. The molecule has 0 saturated carbocycles. The number of nitrogens with one attached hydrogen (secondary N) is 1. The first-order valence-corrected chi connectivity index (χ1v) is 7.40. The largest absolute Gasteiger partial charge is 0.468 e. The van der Waals surface area contributed by atoms with E-state index < -0.39 is 0 Å². The van der Waals surface area contributed by atoms with Crippen molar-refractivity contribution in [3.8, 4) is 0 Å². The first kappa shape index (κ1) is 15.4. The molecular weight excluding hydrogens is 290 g/mol. The van der Waals surface area contributed by atoms with Gasteiger partial charge in [0.05, 0.1) is 13.7 Å². The van der Waals surface area contributed by atoms with Gasteiger partial charge >= 0.3 is 5.97 Å². The third-order valence-electron chi connectivity index (χ3n) is 2.80. The predicted molar refractivity (Wildman–Crippen MR) is 80.3 cm³/mol. The molecule has 1 N–H and O–H groups in total. The Labute approximate surface area is 127 Å². The summed E-state index contributed by atoms with van der Waals surface area (Å²) in [5.74, 6) is 0.304. The van der Waals surface area contributed by atoms with E-state index in [1.54, 1.807) is 0 Å². The quantitative estimate of drug-likeness (QED) is 0.649. The molecule has 1 aromatic heterocycles. The van der Waals surface area contributed by atoms with E-state index in [9.17, 15) is 4.79 Å². The maximum Gasteiger partial charge on any atom is 0.316 e. The molecule has 0 spiro atoms. The van der Waals surface area contributed by atoms with Gasteiger partial charge in [0.2, 0.25) is 5.89 Å². The highest BCUT2D eigenvalue weighted by molar-refractivity contribution is 7.99. The van der Waals surface area contributed by atoms with E-state index in [4.69, 9.17) is 4.42 Å². The monoisotopic (exact) mass is 307 g/mol. The van der Waals surface area contributed by atoms with Crippen LogP contribution in [0.1, 0.15) is 17.0 Å². The minimum absolute atomic E-state index is 0.155. The van der Waals surface area contributed by atoms with Gasteiger partial charge in [-0.2, -0.15) is 0 Å². The van der Waals surface area contributed by atoms with Crippen molar-refractivity contribution in [3.63, 3.8) is 0 Å². The first-order valence-electron chi connectivity index (χ1n) is 6.41. The van der Waals surface area contributed by atoms with Crippen LogP contribution in [0.3, 0.4) is 0 Å². The molecule has 0 aliphatic rings. The summed E-state index contributed by atoms with van der Waals surface area (Å²) in [5, 5.41) is 11.4. The van der Waals surface area contributed by atoms with Crippen molar-refractivity contribution >= 4 is 23.4 Å². The fourth-order valence-corrected chi connectivity index (χ4v) is 2.34. The van der Waals surface area contributed by atoms with Crippen molar-refractivity contribution in [2.75, 3.05) is 18.2 Å². The molecule has 1 heterocycles. The van der Waals surface area contributed by atoms with Crippen LogP contribution >= 0.6 is 11.8 Å². The molecule has 1 aromatic carbocycles. The Morgan fingerprint density at radius 3 is 2.90 bits per heavy atom. The molecular formula is C14H17N3O3S. The Hall–Kier alpha value is -2.02. The average Bonchev–Trinajstić information content (AvgIpc) is 2.92. The van der Waals surface area contributed by atoms with Crippen LogP contribution in [0.25, 0.3) is 0 Å². The number of aromatic nitrogens is 2. The van der Waals surface area contributed by atoms with Gasteiger partial charge in [-0.25, -0.2) is 0 Å². The van der Waals surface area contributed by atoms with Crippen LogP contribution in [-0.2, 0) is 16.1 Å². The molecule has 0 unspecified atom stereocenters. The van der Waals surface area contributed by atoms with E-state index in [2.05, 4.69) is 33.2 Å². The van der Waals surface area contributed by atoms with E-state index in [0.29, 0.717) is 17.7 Å². The fraction of sp³-hybridized carbons (Fsp3) is 0.357. The lowest BCUT2D eigenvalue weighted by Crippen LogP contribution is -2.02. The van der Waals surface area contributed by atoms with Crippen LogP contribution < -0.4 is 5.32 Å². The van der Waals surface area contributed by atoms with Crippen LogP contribution in [0.2, 0.25) is 0 Å². The molecule has 0 radical (unpaired) electrons. The minimum atomic E-state index is -0.326. The van der Waals surface area contributed by atoms with Gasteiger partial charge in [0.1, 0.15) is 5.75 Å². The Bertz CT molecular complexity index is 628. The van der Waals surface area contributed by atoms with Gasteiger partial charge in [0, 0.05) is 5.69 Å². The lowest BCUT2D eigenvalue weighted by atomic mass is 10.1. The van der Waals surface area contributed by atoms with Crippen molar-refractivity contribution in [2.45, 2.75) is 25.6 Å². The zero-order valence-electron chi connectivity index (χ0n) is 12.2. The van der Waals surface area contributed by atoms with E-state index in [1.165, 1.54) is 12.7 Å². The van der Waals surface area contributed by atoms with Crippen molar-refractivity contribution in [1.29, 1.82) is 0 Å². The molecule has 6 nitrogen and oxygen atoms in total. The number of carbonyl (C=O) groups is 1. The van der Waals surface area contributed by atoms with Crippen molar-refractivity contribution in [2.24, 2.45) is 0 Å². The van der Waals surface area contributed by atoms with Crippen LogP contribution in [0.4, 0.5) is 5.69 Å². The Balaban J connectivity index is 1.89. The molecule has 21 heavy (non-hydrogen) atoms. The second-order valence-electron chi connectivity index (χ2n) is 4.50. The molecule has 2 rings (SSSR count). The Morgan fingerprint density at radius 1 is 1.38 bits per heavy atom. The number of hydrogen-bond donors (Lipinski definition) is 1. The summed E-state index contributed by atoms with van der Waals surface area (Å²) in [6.45, 7) is 4.54. The molecule has 0 aliphatic heterocycles. The lowest BCUT2D eigenvalue weighted by Gasteiger charge is -2.07. The summed E-state index contributed by atoms with van der Waals surface area (Å²) in [7, 11) is 1.34. The number of esters is 1. The zero-order valence-corrected chi connectivity index (χ0v) is 13.0. The van der Waals surface area contributed by atoms with Gasteiger partial charge < -0.3 is 14.5 Å². The topological polar surface area (TPSA) is 77.2 Å². The Morgan fingerprint density at radius 2 is 2.19 bits per heavy atom. The molecule has 7 heteroatoms. The number of ether oxygens (including phenoxy) is 1. The number of carbonyl (C=O) groups excluding carboxylic acids is 1. The summed E-state index contributed by atoms with van der Waals surface area (Å²) in [5.41, 5.74) is 3.41. The number of nitrogens with zero attached hydrogens (tertiary/aromatic N) is 2. The van der Waals surface area contributed by atoms with Crippen LogP contribution in [0.15, 0.2) is 27.8 Å². The van der Waals surface area contributed by atoms with Gasteiger partial charge in [-0.15, -0.1) is 10.2 Å². The van der Waals surface area contributed by atoms with Crippen LogP contribution in [0, 0.1) is 13.8 Å². The van der Waals surface area contributed by atoms with Crippen molar-refractivity contribution in [3.05, 3.63) is 35.2 Å². The summed E-state index contributed by atoms with van der Waals surface area (Å²) in [6.07, 6.45) is 0. The van der Waals surface area contributed by atoms with Gasteiger partial charge in [-0.05, 0) is 25.5 Å². The third-order valence-corrected chi connectivity index (χ3v) is 3.59. The minimum Gasteiger partial charge on any atom is -0.468 e. The average molecular weight is 307 g/mol. The first-order chi connectivity index (χ1) is 10.1. The summed E-state index contributed by atoms with van der Waals surface area (Å²) in [4.78, 5) is 11.0. The molecule has 0 amide bonds. The maximum atomic E-state index is 11.0. The van der Waals surface area contributed by atoms with E-state index in [0.717, 1.165) is 23.0 Å². The van der Waals surface area contributed by atoms with Crippen molar-refractivity contribution < 1.29 is 13.9 Å². The molecule has 0 aliphatic carbocycles. The van der Waals surface area contributed by atoms with Gasteiger partial charge in [0.25, 0.3) is 5.22 Å². The lowest BCUT2D eigenvalue weighted by molar-refractivity contribution is -0.137. The molecule has 0 fully saturated rings. The molecule has 112 valence electrons. The second-order valence-corrected chi connectivity index (χ2v) is 5.43. The highest BCUT2D eigenvalue weighted by atomic mass is 32.2. The third kappa shape index (κ3) is 4.49. The van der Waals surface area contributed by atoms with Gasteiger partial charge in [-0.3, -0.25) is 4.79 Å². The smallest absolute Gasteiger partial charge is 0.316 e. The SMILES string of the molecule is COC(=O)CSc1nnc(CNc2ccc(C)cc2C)o1. The number of thioether (sulfide) groups is 1. The van der Waals surface area contributed by atoms with E-state index in [1.807, 2.05) is 19.1 Å². The second kappa shape index (κ2) is 7.12. The van der Waals surface area contributed by atoms with Crippen LogP contribution in [0.5, 0.6) is 0 Å². The summed E-state index contributed by atoms with van der Waals surface area (Å²) >= 11 is 1.16. The summed E-state index contributed by atoms with van der Waals surface area (Å²) < 4.78 is 9.98. The maximum absolute atomic E-state index is 11.0. The molecule has 0 saturated heterocycles. The predicted octanol–water partition coefficient (Wildman–Crippen LogP) is 2.56. The molecule has 0 atom stereocenters. The van der Waals surface area contributed by atoms with E-state index >= 15 is 0 Å². The zero-order chi connectivity index (χ0) is 15.2. The number of benzene rings is 1. The number of methoxy groups -OCH3 is 1. The van der Waals surface area contributed by atoms with Crippen molar-refractivity contribution in [1.82, 2.24) is 10.2 Å². The summed E-state index contributed by atoms with van der Waals surface area (Å²) in [6, 6.07) is 6.17. The fourth-order valence-electron chi connectivity index (χ4n) is 1.73.